The normalized spacial score (nSPS) is 19.3. The highest BCUT2D eigenvalue weighted by Gasteiger charge is 2.46. The number of carbonyl (C=O) groups is 1. The highest BCUT2D eigenvalue weighted by Crippen LogP contribution is 2.48. The molecule has 276 valence electrons. The zero-order valence-electron chi connectivity index (χ0n) is 29.5. The number of aliphatic hydroxyl groups is 2. The fraction of sp³-hybridized carbons (Fsp3) is 0.333. The summed E-state index contributed by atoms with van der Waals surface area (Å²) in [6, 6.07) is 29.2. The van der Waals surface area contributed by atoms with E-state index in [1.54, 1.807) is 66.1 Å². The molecule has 52 heavy (non-hydrogen) atoms. The van der Waals surface area contributed by atoms with Gasteiger partial charge in [0.25, 0.3) is 0 Å². The van der Waals surface area contributed by atoms with Gasteiger partial charge in [-0.1, -0.05) is 78.9 Å². The predicted molar refractivity (Wildman–Crippen MR) is 201 cm³/mol. The van der Waals surface area contributed by atoms with Crippen molar-refractivity contribution >= 4 is 25.1 Å². The molecular weight excluding hydrogens is 681 g/mol. The quantitative estimate of drug-likeness (QED) is 0.0428. The summed E-state index contributed by atoms with van der Waals surface area (Å²) in [4.78, 5) is 18.2. The number of hydrogen-bond acceptors (Lipinski definition) is 9. The third kappa shape index (κ3) is 9.58. The molecule has 13 heteroatoms. The molecule has 0 radical (unpaired) electrons. The van der Waals surface area contributed by atoms with Gasteiger partial charge in [-0.3, -0.25) is 9.97 Å². The summed E-state index contributed by atoms with van der Waals surface area (Å²) in [6.45, 7) is 4.06. The maximum absolute atomic E-state index is 15.0. The number of anilines is 1. The van der Waals surface area contributed by atoms with E-state index in [0.717, 1.165) is 16.7 Å². The second-order valence-corrected chi connectivity index (χ2v) is 14.7. The first-order valence-electron chi connectivity index (χ1n) is 17.4. The molecule has 1 fully saturated rings. The minimum absolute atomic E-state index is 0.0573. The lowest BCUT2D eigenvalue weighted by molar-refractivity contribution is -0.0408. The first kappa shape index (κ1) is 38.5. The molecule has 0 aliphatic carbocycles. The highest BCUT2D eigenvalue weighted by molar-refractivity contribution is 7.53. The first-order chi connectivity index (χ1) is 25.0. The number of nitrogens with two attached hydrogens (primary N) is 2. The lowest BCUT2D eigenvalue weighted by atomic mass is 9.91. The lowest BCUT2D eigenvalue weighted by Gasteiger charge is -2.36. The van der Waals surface area contributed by atoms with Crippen LogP contribution in [0.1, 0.15) is 41.7 Å². The number of nitrogens with zero attached hydrogens (tertiary/aromatic N) is 2. The minimum Gasteiger partial charge on any atom is -0.481 e. The molecule has 2 amide bonds. The summed E-state index contributed by atoms with van der Waals surface area (Å²) in [7, 11) is -3.43. The van der Waals surface area contributed by atoms with Crippen molar-refractivity contribution in [1.29, 1.82) is 5.41 Å². The standard InChI is InChI=1S/C39H48N5O7P/c1-3-50-52(48,51-4-2)26-49-31-18-15-29(16-19-31)24-43-34(22-27-11-7-5-8-12-27)36(45)37(46)35(23-28-13-9-6-10-14-28)44(39(43)47)25-30-17-20-33(40)32(21-30)38(41)42/h5-21,34-37,45-46H,3-4,22-26,40H2,1-2H3,(H3,41,42)/t34-,35-,36+,37+/m1/s1. The van der Waals surface area contributed by atoms with Crippen LogP contribution in [0.2, 0.25) is 0 Å². The highest BCUT2D eigenvalue weighted by atomic mass is 31.2. The molecule has 4 atom stereocenters. The van der Waals surface area contributed by atoms with Gasteiger partial charge in [-0.15, -0.1) is 0 Å². The summed E-state index contributed by atoms with van der Waals surface area (Å²) in [5.74, 6) is 0.240. The Morgan fingerprint density at radius 1 is 0.750 bits per heavy atom. The molecule has 5 rings (SSSR count). The molecule has 0 bridgehead atoms. The smallest absolute Gasteiger partial charge is 0.367 e. The second-order valence-electron chi connectivity index (χ2n) is 12.7. The fourth-order valence-electron chi connectivity index (χ4n) is 6.49. The Kier molecular flexibility index (Phi) is 13.1. The van der Waals surface area contributed by atoms with Crippen LogP contribution in [-0.4, -0.2) is 75.7 Å². The van der Waals surface area contributed by atoms with Gasteiger partial charge in [-0.2, -0.15) is 0 Å². The van der Waals surface area contributed by atoms with Gasteiger partial charge in [0.1, 0.15) is 23.8 Å². The van der Waals surface area contributed by atoms with Crippen LogP contribution >= 0.6 is 7.60 Å². The molecule has 12 nitrogen and oxygen atoms in total. The molecular formula is C39H48N5O7P. The van der Waals surface area contributed by atoms with Crippen LogP contribution in [0, 0.1) is 5.41 Å². The average Bonchev–Trinajstić information content (AvgIpc) is 3.20. The van der Waals surface area contributed by atoms with Gasteiger partial charge in [0.2, 0.25) is 0 Å². The fourth-order valence-corrected chi connectivity index (χ4v) is 7.81. The average molecular weight is 730 g/mol. The van der Waals surface area contributed by atoms with Crippen LogP contribution in [0.25, 0.3) is 0 Å². The van der Waals surface area contributed by atoms with E-state index in [0.29, 0.717) is 29.0 Å². The number of ether oxygens (including phenoxy) is 1. The van der Waals surface area contributed by atoms with Gasteiger partial charge in [-0.05, 0) is 73.2 Å². The van der Waals surface area contributed by atoms with E-state index in [1.807, 2.05) is 60.7 Å². The number of benzene rings is 4. The van der Waals surface area contributed by atoms with Crippen molar-refractivity contribution < 1.29 is 33.4 Å². The molecule has 0 saturated carbocycles. The van der Waals surface area contributed by atoms with Crippen molar-refractivity contribution in [3.63, 3.8) is 0 Å². The lowest BCUT2D eigenvalue weighted by Crippen LogP contribution is -2.50. The Morgan fingerprint density at radius 3 is 1.71 bits per heavy atom. The maximum Gasteiger partial charge on any atom is 0.367 e. The van der Waals surface area contributed by atoms with E-state index in [1.165, 1.54) is 0 Å². The molecule has 0 spiro atoms. The van der Waals surface area contributed by atoms with Gasteiger partial charge in [0.15, 0.2) is 6.35 Å². The molecule has 7 N–H and O–H groups in total. The van der Waals surface area contributed by atoms with Crippen molar-refractivity contribution in [2.45, 2.75) is 64.1 Å². The van der Waals surface area contributed by atoms with Crippen molar-refractivity contribution in [2.75, 3.05) is 25.3 Å². The maximum atomic E-state index is 15.0. The summed E-state index contributed by atoms with van der Waals surface area (Å²) in [5.41, 5.74) is 15.8. The predicted octanol–water partition coefficient (Wildman–Crippen LogP) is 5.54. The van der Waals surface area contributed by atoms with Crippen LogP contribution in [0.4, 0.5) is 10.5 Å². The van der Waals surface area contributed by atoms with Crippen LogP contribution < -0.4 is 16.2 Å². The molecule has 1 aliphatic rings. The molecule has 1 saturated heterocycles. The van der Waals surface area contributed by atoms with Gasteiger partial charge in [-0.25, -0.2) is 4.79 Å². The monoisotopic (exact) mass is 729 g/mol. The SMILES string of the molecule is CCOP(=O)(COc1ccc(CN2C(=O)N(Cc3ccc(N)c(C(=N)N)c3)[C@H](Cc3ccccc3)[C@H](O)[C@@H](O)[C@H]2Cc2ccccc2)cc1)OCC. The van der Waals surface area contributed by atoms with Gasteiger partial charge in [0.05, 0.1) is 25.3 Å². The number of nitrogens with one attached hydrogen (secondary N) is 1. The van der Waals surface area contributed by atoms with Crippen molar-refractivity contribution in [1.82, 2.24) is 9.80 Å². The molecule has 4 aromatic rings. The third-order valence-corrected chi connectivity index (χ3v) is 10.8. The zero-order chi connectivity index (χ0) is 37.3. The number of amidine groups is 1. The Labute approximate surface area is 305 Å². The van der Waals surface area contributed by atoms with Gasteiger partial charge < -0.3 is 45.3 Å². The van der Waals surface area contributed by atoms with E-state index < -0.39 is 31.9 Å². The van der Waals surface area contributed by atoms with E-state index in [9.17, 15) is 19.6 Å². The second kappa shape index (κ2) is 17.7. The first-order valence-corrected chi connectivity index (χ1v) is 19.1. The summed E-state index contributed by atoms with van der Waals surface area (Å²) in [6.07, 6.45) is -2.30. The Balaban J connectivity index is 1.51. The number of hydrogen-bond donors (Lipinski definition) is 5. The molecule has 0 unspecified atom stereocenters. The number of amides is 2. The van der Waals surface area contributed by atoms with E-state index in [2.05, 4.69) is 0 Å². The van der Waals surface area contributed by atoms with Crippen molar-refractivity contribution in [2.24, 2.45) is 5.73 Å². The van der Waals surface area contributed by atoms with Crippen molar-refractivity contribution in [3.8, 4) is 5.75 Å². The molecule has 1 aliphatic heterocycles. The Hall–Kier alpha value is -4.71. The minimum atomic E-state index is -3.43. The molecule has 1 heterocycles. The number of nitrogen functional groups attached to an aromatic ring is 2. The van der Waals surface area contributed by atoms with Gasteiger partial charge >= 0.3 is 13.6 Å². The van der Waals surface area contributed by atoms with E-state index in [4.69, 9.17) is 30.7 Å². The van der Waals surface area contributed by atoms with Crippen LogP contribution in [0.3, 0.4) is 0 Å². The summed E-state index contributed by atoms with van der Waals surface area (Å²) >= 11 is 0. The molecule has 4 aromatic carbocycles. The van der Waals surface area contributed by atoms with Crippen LogP contribution in [0.5, 0.6) is 5.75 Å². The summed E-state index contributed by atoms with van der Waals surface area (Å²) in [5, 5.41) is 32.0. The van der Waals surface area contributed by atoms with Crippen LogP contribution in [-0.2, 0) is 39.5 Å². The Morgan fingerprint density at radius 2 is 1.23 bits per heavy atom. The Bertz CT molecular complexity index is 1820. The largest absolute Gasteiger partial charge is 0.481 e. The number of rotatable bonds is 16. The zero-order valence-corrected chi connectivity index (χ0v) is 30.4. The van der Waals surface area contributed by atoms with E-state index >= 15 is 0 Å². The number of aliphatic hydroxyl groups excluding tert-OH is 2. The van der Waals surface area contributed by atoms with Crippen molar-refractivity contribution in [3.05, 3.63) is 131 Å². The number of urea groups is 1. The third-order valence-electron chi connectivity index (χ3n) is 9.08. The van der Waals surface area contributed by atoms with Crippen LogP contribution in [0.15, 0.2) is 103 Å². The van der Waals surface area contributed by atoms with E-state index in [-0.39, 0.29) is 50.9 Å². The topological polar surface area (TPSA) is 185 Å². The number of carbonyl (C=O) groups excluding carboxylic acids is 1. The molecule has 0 aromatic heterocycles. The van der Waals surface area contributed by atoms with Gasteiger partial charge in [0, 0.05) is 24.3 Å². The summed E-state index contributed by atoms with van der Waals surface area (Å²) < 4.78 is 29.4.